The minimum Gasteiger partial charge on any atom is -0.493 e. The number of fused-ring (bicyclic) bond motifs is 1. The first-order valence-electron chi connectivity index (χ1n) is 11.3. The molecule has 4 rings (SSSR count). The Morgan fingerprint density at radius 1 is 1.12 bits per heavy atom. The number of amides is 1. The van der Waals surface area contributed by atoms with E-state index in [9.17, 15) is 9.59 Å². The Morgan fingerprint density at radius 2 is 1.88 bits per heavy atom. The number of rotatable bonds is 8. The molecule has 2 aliphatic rings. The van der Waals surface area contributed by atoms with Crippen LogP contribution in [0.4, 0.5) is 0 Å². The zero-order valence-corrected chi connectivity index (χ0v) is 20.6. The average Bonchev–Trinajstić information content (AvgIpc) is 3.17. The van der Waals surface area contributed by atoms with E-state index in [-0.39, 0.29) is 17.8 Å². The fourth-order valence-corrected chi connectivity index (χ4v) is 5.23. The number of methoxy groups -OCH3 is 1. The molecule has 2 unspecified atom stereocenters. The molecule has 34 heavy (non-hydrogen) atoms. The SMILES string of the molecule is CCOc1ccc(C2C(C(=O)OCc3ccccc3)=C(C)N=C3SC(CC)C(=O)N32)cc1OC. The van der Waals surface area contributed by atoms with Gasteiger partial charge >= 0.3 is 5.97 Å². The average molecular weight is 481 g/mol. The number of hydrogen-bond donors (Lipinski definition) is 0. The first kappa shape index (κ1) is 23.9. The van der Waals surface area contributed by atoms with E-state index in [1.807, 2.05) is 56.3 Å². The predicted molar refractivity (Wildman–Crippen MR) is 132 cm³/mol. The van der Waals surface area contributed by atoms with Gasteiger partial charge in [0.1, 0.15) is 6.61 Å². The standard InChI is InChI=1S/C26H28N2O5S/c1-5-21-24(29)28-23(18-12-13-19(32-6-2)20(14-18)31-4)22(16(3)27-26(28)34-21)25(30)33-15-17-10-8-7-9-11-17/h7-14,21,23H,5-6,15H2,1-4H3. The van der Waals surface area contributed by atoms with Crippen LogP contribution in [0.5, 0.6) is 11.5 Å². The lowest BCUT2D eigenvalue weighted by molar-refractivity contribution is -0.141. The summed E-state index contributed by atoms with van der Waals surface area (Å²) in [6.07, 6.45) is 0.672. The summed E-state index contributed by atoms with van der Waals surface area (Å²) in [7, 11) is 1.56. The lowest BCUT2D eigenvalue weighted by Gasteiger charge is -2.33. The maximum absolute atomic E-state index is 13.4. The van der Waals surface area contributed by atoms with Crippen molar-refractivity contribution in [2.24, 2.45) is 4.99 Å². The highest BCUT2D eigenvalue weighted by Gasteiger charge is 2.47. The minimum atomic E-state index is -0.670. The minimum absolute atomic E-state index is 0.0649. The molecule has 178 valence electrons. The molecule has 2 aromatic carbocycles. The molecule has 2 aliphatic heterocycles. The Morgan fingerprint density at radius 3 is 2.56 bits per heavy atom. The van der Waals surface area contributed by atoms with Crippen molar-refractivity contribution in [3.8, 4) is 11.5 Å². The van der Waals surface area contributed by atoms with Gasteiger partial charge in [0.05, 0.1) is 36.3 Å². The van der Waals surface area contributed by atoms with Crippen molar-refractivity contribution >= 4 is 28.8 Å². The van der Waals surface area contributed by atoms with Crippen LogP contribution in [-0.2, 0) is 20.9 Å². The molecule has 0 N–H and O–H groups in total. The van der Waals surface area contributed by atoms with Crippen LogP contribution in [0, 0.1) is 0 Å². The number of aliphatic imine (C=N–C) groups is 1. The number of thioether (sulfide) groups is 1. The highest BCUT2D eigenvalue weighted by molar-refractivity contribution is 8.15. The van der Waals surface area contributed by atoms with E-state index in [1.54, 1.807) is 25.0 Å². The van der Waals surface area contributed by atoms with Crippen molar-refractivity contribution in [2.45, 2.75) is 45.1 Å². The number of ether oxygens (including phenoxy) is 3. The van der Waals surface area contributed by atoms with Crippen LogP contribution >= 0.6 is 11.8 Å². The quantitative estimate of drug-likeness (QED) is 0.502. The maximum Gasteiger partial charge on any atom is 0.338 e. The van der Waals surface area contributed by atoms with E-state index in [0.717, 1.165) is 11.1 Å². The molecule has 1 amide bonds. The van der Waals surface area contributed by atoms with Gasteiger partial charge in [0.2, 0.25) is 5.91 Å². The Hall–Kier alpha value is -3.26. The molecular formula is C26H28N2O5S. The van der Waals surface area contributed by atoms with E-state index < -0.39 is 12.0 Å². The summed E-state index contributed by atoms with van der Waals surface area (Å²) in [5.74, 6) is 0.565. The molecule has 0 saturated carbocycles. The highest BCUT2D eigenvalue weighted by Crippen LogP contribution is 2.45. The topological polar surface area (TPSA) is 77.4 Å². The molecule has 0 aliphatic carbocycles. The van der Waals surface area contributed by atoms with Gasteiger partial charge < -0.3 is 14.2 Å². The fourth-order valence-electron chi connectivity index (χ4n) is 4.10. The molecule has 0 bridgehead atoms. The normalized spacial score (nSPS) is 19.6. The molecule has 0 spiro atoms. The second-order valence-corrected chi connectivity index (χ2v) is 9.09. The number of esters is 1. The number of allylic oxidation sites excluding steroid dienone is 1. The molecule has 1 saturated heterocycles. The van der Waals surface area contributed by atoms with Crippen molar-refractivity contribution in [3.05, 3.63) is 70.9 Å². The van der Waals surface area contributed by atoms with Crippen LogP contribution in [0.15, 0.2) is 64.8 Å². The van der Waals surface area contributed by atoms with E-state index in [2.05, 4.69) is 4.99 Å². The van der Waals surface area contributed by atoms with E-state index in [0.29, 0.717) is 41.0 Å². The van der Waals surface area contributed by atoms with Crippen LogP contribution in [0.2, 0.25) is 0 Å². The lowest BCUT2D eigenvalue weighted by atomic mass is 9.93. The van der Waals surface area contributed by atoms with Crippen molar-refractivity contribution in [3.63, 3.8) is 0 Å². The number of hydrogen-bond acceptors (Lipinski definition) is 7. The second kappa shape index (κ2) is 10.3. The first-order chi connectivity index (χ1) is 16.5. The molecule has 2 heterocycles. The van der Waals surface area contributed by atoms with Crippen LogP contribution in [0.1, 0.15) is 44.4 Å². The Balaban J connectivity index is 1.74. The zero-order valence-electron chi connectivity index (χ0n) is 19.7. The summed E-state index contributed by atoms with van der Waals surface area (Å²) in [6, 6.07) is 14.3. The van der Waals surface area contributed by atoms with Crippen molar-refractivity contribution in [1.82, 2.24) is 4.90 Å². The number of carbonyl (C=O) groups excluding carboxylic acids is 2. The van der Waals surface area contributed by atoms with Gasteiger partial charge in [-0.25, -0.2) is 9.79 Å². The Labute approximate surface area is 203 Å². The van der Waals surface area contributed by atoms with E-state index >= 15 is 0 Å². The smallest absolute Gasteiger partial charge is 0.338 e. The maximum atomic E-state index is 13.4. The van der Waals surface area contributed by atoms with Gasteiger partial charge in [0, 0.05) is 0 Å². The second-order valence-electron chi connectivity index (χ2n) is 7.92. The van der Waals surface area contributed by atoms with Crippen LogP contribution in [0.25, 0.3) is 0 Å². The van der Waals surface area contributed by atoms with Gasteiger partial charge in [-0.05, 0) is 43.5 Å². The third-order valence-corrected chi connectivity index (χ3v) is 7.08. The molecule has 0 radical (unpaired) electrons. The Kier molecular flexibility index (Phi) is 7.26. The molecule has 2 aromatic rings. The monoisotopic (exact) mass is 480 g/mol. The predicted octanol–water partition coefficient (Wildman–Crippen LogP) is 4.88. The Bertz CT molecular complexity index is 1150. The van der Waals surface area contributed by atoms with Crippen LogP contribution in [0.3, 0.4) is 0 Å². The summed E-state index contributed by atoms with van der Waals surface area (Å²) < 4.78 is 16.9. The van der Waals surface area contributed by atoms with Gasteiger partial charge in [-0.3, -0.25) is 9.69 Å². The van der Waals surface area contributed by atoms with Crippen molar-refractivity contribution in [1.29, 1.82) is 0 Å². The molecule has 7 nitrogen and oxygen atoms in total. The van der Waals surface area contributed by atoms with Gasteiger partial charge in [-0.15, -0.1) is 0 Å². The van der Waals surface area contributed by atoms with E-state index in [1.165, 1.54) is 11.8 Å². The van der Waals surface area contributed by atoms with Crippen LogP contribution in [-0.4, -0.2) is 40.9 Å². The summed E-state index contributed by atoms with van der Waals surface area (Å²) in [5.41, 5.74) is 2.49. The van der Waals surface area contributed by atoms with E-state index in [4.69, 9.17) is 14.2 Å². The lowest BCUT2D eigenvalue weighted by Crippen LogP contribution is -2.40. The molecule has 8 heteroatoms. The highest BCUT2D eigenvalue weighted by atomic mass is 32.2. The first-order valence-corrected chi connectivity index (χ1v) is 12.2. The summed E-state index contributed by atoms with van der Waals surface area (Å²) in [5, 5.41) is 0.366. The zero-order chi connectivity index (χ0) is 24.2. The van der Waals surface area contributed by atoms with Gasteiger partial charge in [0.25, 0.3) is 0 Å². The van der Waals surface area contributed by atoms with Gasteiger partial charge in [-0.1, -0.05) is 55.1 Å². The van der Waals surface area contributed by atoms with Crippen molar-refractivity contribution in [2.75, 3.05) is 13.7 Å². The molecule has 1 fully saturated rings. The fraction of sp³-hybridized carbons (Fsp3) is 0.346. The molecular weight excluding hydrogens is 452 g/mol. The summed E-state index contributed by atoms with van der Waals surface area (Å²) >= 11 is 1.43. The summed E-state index contributed by atoms with van der Waals surface area (Å²) in [4.78, 5) is 33.0. The van der Waals surface area contributed by atoms with Gasteiger partial charge in [0.15, 0.2) is 16.7 Å². The third kappa shape index (κ3) is 4.55. The van der Waals surface area contributed by atoms with Crippen LogP contribution < -0.4 is 9.47 Å². The number of carbonyl (C=O) groups is 2. The number of nitrogens with zero attached hydrogens (tertiary/aromatic N) is 2. The van der Waals surface area contributed by atoms with Gasteiger partial charge in [-0.2, -0.15) is 0 Å². The number of benzene rings is 2. The molecule has 0 aromatic heterocycles. The summed E-state index contributed by atoms with van der Waals surface area (Å²) in [6.45, 7) is 6.28. The third-order valence-electron chi connectivity index (χ3n) is 5.76. The molecule has 2 atom stereocenters. The largest absolute Gasteiger partial charge is 0.493 e. The number of amidine groups is 1. The van der Waals surface area contributed by atoms with Crippen molar-refractivity contribution < 1.29 is 23.8 Å².